The van der Waals surface area contributed by atoms with Gasteiger partial charge >= 0.3 is 0 Å². The smallest absolute Gasteiger partial charge is 0.234 e. The van der Waals surface area contributed by atoms with Crippen molar-refractivity contribution in [3.8, 4) is 17.2 Å². The number of unbranched alkanes of at least 4 members (excludes halogenated alkanes) is 1. The number of ether oxygens (including phenoxy) is 2. The van der Waals surface area contributed by atoms with E-state index in [1.54, 1.807) is 16.8 Å². The fourth-order valence-corrected chi connectivity index (χ4v) is 3.96. The molecule has 2 heterocycles. The Labute approximate surface area is 189 Å². The van der Waals surface area contributed by atoms with Gasteiger partial charge in [0, 0.05) is 11.6 Å². The van der Waals surface area contributed by atoms with E-state index in [0.29, 0.717) is 27.9 Å². The molecular formula is C22H23N5O4S. The summed E-state index contributed by atoms with van der Waals surface area (Å²) in [4.78, 5) is 24.6. The van der Waals surface area contributed by atoms with Gasteiger partial charge in [0.05, 0.1) is 17.1 Å². The summed E-state index contributed by atoms with van der Waals surface area (Å²) < 4.78 is 12.3. The Morgan fingerprint density at radius 2 is 1.91 bits per heavy atom. The highest BCUT2D eigenvalue weighted by molar-refractivity contribution is 7.99. The van der Waals surface area contributed by atoms with Gasteiger partial charge in [-0.15, -0.1) is 5.10 Å². The Bertz CT molecular complexity index is 1130. The van der Waals surface area contributed by atoms with Crippen LogP contribution in [0.25, 0.3) is 5.69 Å². The summed E-state index contributed by atoms with van der Waals surface area (Å²) in [5.41, 5.74) is 2.84. The van der Waals surface area contributed by atoms with Gasteiger partial charge < -0.3 is 14.8 Å². The third kappa shape index (κ3) is 4.91. The zero-order chi connectivity index (χ0) is 22.5. The second-order valence-electron chi connectivity index (χ2n) is 7.29. The Morgan fingerprint density at radius 1 is 1.16 bits per heavy atom. The van der Waals surface area contributed by atoms with Crippen LogP contribution in [0.15, 0.2) is 41.6 Å². The summed E-state index contributed by atoms with van der Waals surface area (Å²) in [7, 11) is 0. The second kappa shape index (κ2) is 9.82. The van der Waals surface area contributed by atoms with E-state index < -0.39 is 0 Å². The summed E-state index contributed by atoms with van der Waals surface area (Å²) in [6, 6.07) is 11.3. The quantitative estimate of drug-likeness (QED) is 0.386. The minimum Gasteiger partial charge on any atom is -0.454 e. The first-order valence-electron chi connectivity index (χ1n) is 10.3. The molecule has 10 heteroatoms. The first kappa shape index (κ1) is 21.8. The van der Waals surface area contributed by atoms with Crippen LogP contribution in [0.1, 0.15) is 42.6 Å². The van der Waals surface area contributed by atoms with Gasteiger partial charge in [0.25, 0.3) is 0 Å². The molecule has 0 radical (unpaired) electrons. The maximum atomic E-state index is 12.6. The van der Waals surface area contributed by atoms with Gasteiger partial charge in [-0.3, -0.25) is 9.59 Å². The summed E-state index contributed by atoms with van der Waals surface area (Å²) in [6.07, 6.45) is 3.34. The van der Waals surface area contributed by atoms with Gasteiger partial charge in [-0.05, 0) is 54.0 Å². The Kier molecular flexibility index (Phi) is 6.69. The minimum atomic E-state index is -0.291. The molecule has 166 valence electrons. The topological polar surface area (TPSA) is 108 Å². The Morgan fingerprint density at radius 3 is 2.62 bits per heavy atom. The van der Waals surface area contributed by atoms with Crippen molar-refractivity contribution in [2.75, 3.05) is 17.9 Å². The van der Waals surface area contributed by atoms with Gasteiger partial charge in [-0.1, -0.05) is 37.2 Å². The van der Waals surface area contributed by atoms with Gasteiger partial charge in [-0.25, -0.2) is 0 Å². The highest BCUT2D eigenvalue weighted by Crippen LogP contribution is 2.37. The average Bonchev–Trinajstić information content (AvgIpc) is 3.45. The van der Waals surface area contributed by atoms with Gasteiger partial charge in [-0.2, -0.15) is 4.68 Å². The minimum absolute atomic E-state index is 0.0702. The number of nitrogens with one attached hydrogen (secondary N) is 1. The van der Waals surface area contributed by atoms with Crippen molar-refractivity contribution in [1.82, 2.24) is 20.2 Å². The molecule has 3 aromatic rings. The average molecular weight is 454 g/mol. The van der Waals surface area contributed by atoms with Crippen LogP contribution in [0, 0.1) is 0 Å². The van der Waals surface area contributed by atoms with Gasteiger partial charge in [0.15, 0.2) is 17.3 Å². The van der Waals surface area contributed by atoms with Crippen molar-refractivity contribution in [1.29, 1.82) is 0 Å². The van der Waals surface area contributed by atoms with Crippen molar-refractivity contribution >= 4 is 29.1 Å². The normalized spacial score (nSPS) is 12.1. The predicted octanol–water partition coefficient (Wildman–Crippen LogP) is 3.67. The third-order valence-corrected chi connectivity index (χ3v) is 5.86. The fraction of sp³-hybridized carbons (Fsp3) is 0.318. The van der Waals surface area contributed by atoms with E-state index in [9.17, 15) is 9.59 Å². The first-order valence-corrected chi connectivity index (χ1v) is 11.3. The summed E-state index contributed by atoms with van der Waals surface area (Å²) in [5.74, 6) is 0.575. The number of thioether (sulfide) groups is 1. The lowest BCUT2D eigenvalue weighted by Crippen LogP contribution is -2.16. The molecule has 32 heavy (non-hydrogen) atoms. The van der Waals surface area contributed by atoms with Gasteiger partial charge in [0.1, 0.15) is 0 Å². The molecular weight excluding hydrogens is 430 g/mol. The van der Waals surface area contributed by atoms with Crippen LogP contribution in [-0.2, 0) is 11.2 Å². The van der Waals surface area contributed by atoms with Crippen LogP contribution in [-0.4, -0.2) is 44.4 Å². The predicted molar refractivity (Wildman–Crippen MR) is 120 cm³/mol. The van der Waals surface area contributed by atoms with E-state index >= 15 is 0 Å². The van der Waals surface area contributed by atoms with Crippen LogP contribution < -0.4 is 14.8 Å². The highest BCUT2D eigenvalue weighted by Gasteiger charge is 2.21. The highest BCUT2D eigenvalue weighted by atomic mass is 32.2. The number of aryl methyl sites for hydroxylation is 1. The number of carbonyl (C=O) groups is 2. The van der Waals surface area contributed by atoms with Crippen LogP contribution in [0.4, 0.5) is 5.69 Å². The maximum Gasteiger partial charge on any atom is 0.234 e. The molecule has 0 saturated heterocycles. The lowest BCUT2D eigenvalue weighted by atomic mass is 10.1. The molecule has 2 aromatic carbocycles. The van der Waals surface area contributed by atoms with E-state index in [0.717, 1.165) is 24.9 Å². The van der Waals surface area contributed by atoms with Crippen LogP contribution in [0.5, 0.6) is 11.5 Å². The Hall–Kier alpha value is -3.40. The number of ketones is 1. The molecule has 1 N–H and O–H groups in total. The molecule has 1 aliphatic heterocycles. The Balaban J connectivity index is 1.42. The molecule has 0 bridgehead atoms. The van der Waals surface area contributed by atoms with Crippen LogP contribution in [0.2, 0.25) is 0 Å². The SMILES string of the molecule is CCCCc1ccc(-n2nnnc2SCC(=O)Nc2cc3c(cc2C(C)=O)OCO3)cc1. The van der Waals surface area contributed by atoms with Crippen molar-refractivity contribution in [3.05, 3.63) is 47.5 Å². The van der Waals surface area contributed by atoms with E-state index in [2.05, 4.69) is 39.9 Å². The van der Waals surface area contributed by atoms with Crippen molar-refractivity contribution < 1.29 is 19.1 Å². The standard InChI is InChI=1S/C22H23N5O4S/c1-3-4-5-15-6-8-16(9-7-15)27-22(24-25-26-27)32-12-21(29)23-18-11-20-19(30-13-31-20)10-17(18)14(2)28/h6-11H,3-5,12-13H2,1-2H3,(H,23,29). The first-order chi connectivity index (χ1) is 15.5. The van der Waals surface area contributed by atoms with Gasteiger partial charge in [0.2, 0.25) is 17.9 Å². The molecule has 1 aromatic heterocycles. The van der Waals surface area contributed by atoms with Crippen molar-refractivity contribution in [2.24, 2.45) is 0 Å². The molecule has 9 nitrogen and oxygen atoms in total. The molecule has 0 saturated carbocycles. The molecule has 4 rings (SSSR count). The number of fused-ring (bicyclic) bond motifs is 1. The molecule has 0 atom stereocenters. The number of carbonyl (C=O) groups excluding carboxylic acids is 2. The molecule has 0 fully saturated rings. The number of amides is 1. The van der Waals surface area contributed by atoms with E-state index in [1.165, 1.54) is 24.2 Å². The van der Waals surface area contributed by atoms with Crippen LogP contribution in [0.3, 0.4) is 0 Å². The number of hydrogen-bond donors (Lipinski definition) is 1. The molecule has 0 aliphatic carbocycles. The monoisotopic (exact) mass is 453 g/mol. The van der Waals surface area contributed by atoms with E-state index in [4.69, 9.17) is 9.47 Å². The summed E-state index contributed by atoms with van der Waals surface area (Å²) >= 11 is 1.21. The number of rotatable bonds is 9. The number of Topliss-reactive ketones (excluding diaryl/α,β-unsaturated/α-hetero) is 1. The second-order valence-corrected chi connectivity index (χ2v) is 8.23. The number of hydrogen-bond acceptors (Lipinski definition) is 8. The van der Waals surface area contributed by atoms with E-state index in [-0.39, 0.29) is 24.2 Å². The molecule has 1 amide bonds. The number of benzene rings is 2. The number of aromatic nitrogens is 4. The van der Waals surface area contributed by atoms with Crippen molar-refractivity contribution in [2.45, 2.75) is 38.3 Å². The largest absolute Gasteiger partial charge is 0.454 e. The van der Waals surface area contributed by atoms with E-state index in [1.807, 2.05) is 12.1 Å². The lowest BCUT2D eigenvalue weighted by Gasteiger charge is -2.10. The number of tetrazole rings is 1. The van der Waals surface area contributed by atoms with Crippen molar-refractivity contribution in [3.63, 3.8) is 0 Å². The summed E-state index contributed by atoms with van der Waals surface area (Å²) in [6.45, 7) is 3.69. The summed E-state index contributed by atoms with van der Waals surface area (Å²) in [5, 5.41) is 15.1. The third-order valence-electron chi connectivity index (χ3n) is 4.94. The molecule has 0 spiro atoms. The zero-order valence-electron chi connectivity index (χ0n) is 17.8. The van der Waals surface area contributed by atoms with Crippen LogP contribution >= 0.6 is 11.8 Å². The fourth-order valence-electron chi connectivity index (χ4n) is 3.27. The number of nitrogens with zero attached hydrogens (tertiary/aromatic N) is 4. The lowest BCUT2D eigenvalue weighted by molar-refractivity contribution is -0.113. The molecule has 0 unspecified atom stereocenters. The molecule has 1 aliphatic rings. The maximum absolute atomic E-state index is 12.6. The number of anilines is 1. The zero-order valence-corrected chi connectivity index (χ0v) is 18.6.